The zero-order chi connectivity index (χ0) is 17.1. The molecule has 3 aromatic rings. The highest BCUT2D eigenvalue weighted by Gasteiger charge is 2.10. The molecule has 0 spiro atoms. The number of carbonyl (C=O) groups is 1. The van der Waals surface area contributed by atoms with E-state index in [4.69, 9.17) is 27.9 Å². The van der Waals surface area contributed by atoms with Crippen LogP contribution in [0.25, 0.3) is 10.2 Å². The van der Waals surface area contributed by atoms with Gasteiger partial charge in [0.15, 0.2) is 5.13 Å². The largest absolute Gasteiger partial charge is 0.494 e. The molecular weight excluding hydrogens is 369 g/mol. The summed E-state index contributed by atoms with van der Waals surface area (Å²) < 4.78 is 6.39. The van der Waals surface area contributed by atoms with Crippen LogP contribution in [0.15, 0.2) is 36.4 Å². The SMILES string of the molecule is CCOc1ccc2nc(NC(=O)Nc3ccc(Cl)cc3Cl)sc2c1. The third-order valence-corrected chi connectivity index (χ3v) is 4.55. The van der Waals surface area contributed by atoms with Gasteiger partial charge in [0.25, 0.3) is 0 Å². The van der Waals surface area contributed by atoms with Crippen molar-refractivity contribution in [3.05, 3.63) is 46.4 Å². The first-order valence-corrected chi connectivity index (χ1v) is 8.69. The summed E-state index contributed by atoms with van der Waals surface area (Å²) >= 11 is 13.2. The van der Waals surface area contributed by atoms with Gasteiger partial charge in [0, 0.05) is 5.02 Å². The Labute approximate surface area is 152 Å². The fraction of sp³-hybridized carbons (Fsp3) is 0.125. The van der Waals surface area contributed by atoms with Gasteiger partial charge in [-0.1, -0.05) is 34.5 Å². The summed E-state index contributed by atoms with van der Waals surface area (Å²) in [5.74, 6) is 0.776. The molecule has 2 aromatic carbocycles. The molecule has 1 heterocycles. The van der Waals surface area contributed by atoms with Gasteiger partial charge in [-0.25, -0.2) is 9.78 Å². The highest BCUT2D eigenvalue weighted by molar-refractivity contribution is 7.22. The van der Waals surface area contributed by atoms with Crippen molar-refractivity contribution in [2.45, 2.75) is 6.92 Å². The maximum absolute atomic E-state index is 12.1. The molecule has 5 nitrogen and oxygen atoms in total. The number of hydrogen-bond donors (Lipinski definition) is 2. The molecule has 0 fully saturated rings. The number of fused-ring (bicyclic) bond motifs is 1. The monoisotopic (exact) mass is 381 g/mol. The van der Waals surface area contributed by atoms with Gasteiger partial charge < -0.3 is 10.1 Å². The van der Waals surface area contributed by atoms with Crippen molar-refractivity contribution >= 4 is 61.6 Å². The van der Waals surface area contributed by atoms with E-state index in [-0.39, 0.29) is 0 Å². The van der Waals surface area contributed by atoms with Crippen LogP contribution in [0.2, 0.25) is 10.0 Å². The van der Waals surface area contributed by atoms with Gasteiger partial charge in [-0.3, -0.25) is 5.32 Å². The Morgan fingerprint density at radius 1 is 1.21 bits per heavy atom. The van der Waals surface area contributed by atoms with E-state index in [1.807, 2.05) is 25.1 Å². The maximum atomic E-state index is 12.1. The Bertz CT molecular complexity index is 898. The molecule has 2 N–H and O–H groups in total. The fourth-order valence-corrected chi connectivity index (χ4v) is 3.40. The number of carbonyl (C=O) groups excluding carboxylic acids is 1. The zero-order valence-corrected chi connectivity index (χ0v) is 14.9. The Hall–Kier alpha value is -2.02. The number of thiazole rings is 1. The molecule has 0 atom stereocenters. The first-order chi connectivity index (χ1) is 11.5. The molecule has 1 aromatic heterocycles. The molecule has 3 rings (SSSR count). The third kappa shape index (κ3) is 3.90. The summed E-state index contributed by atoms with van der Waals surface area (Å²) in [5.41, 5.74) is 1.27. The summed E-state index contributed by atoms with van der Waals surface area (Å²) in [5, 5.41) is 6.71. The summed E-state index contributed by atoms with van der Waals surface area (Å²) in [7, 11) is 0. The van der Waals surface area contributed by atoms with E-state index in [1.165, 1.54) is 11.3 Å². The van der Waals surface area contributed by atoms with Crippen molar-refractivity contribution < 1.29 is 9.53 Å². The van der Waals surface area contributed by atoms with Gasteiger partial charge in [0.05, 0.1) is 27.5 Å². The van der Waals surface area contributed by atoms with Crippen molar-refractivity contribution in [1.29, 1.82) is 0 Å². The second-order valence-corrected chi connectivity index (χ2v) is 6.66. The van der Waals surface area contributed by atoms with Gasteiger partial charge >= 0.3 is 6.03 Å². The number of benzene rings is 2. The van der Waals surface area contributed by atoms with Crippen LogP contribution in [0, 0.1) is 0 Å². The molecule has 0 bridgehead atoms. The fourth-order valence-electron chi connectivity index (χ4n) is 2.06. The summed E-state index contributed by atoms with van der Waals surface area (Å²) in [4.78, 5) is 16.5. The molecule has 0 radical (unpaired) electrons. The second kappa shape index (κ2) is 7.25. The minimum atomic E-state index is -0.427. The molecule has 8 heteroatoms. The van der Waals surface area contributed by atoms with Crippen LogP contribution < -0.4 is 15.4 Å². The number of aromatic nitrogens is 1. The standard InChI is InChI=1S/C16H13Cl2N3O2S/c1-2-23-10-4-6-13-14(8-10)24-16(20-13)21-15(22)19-12-5-3-9(17)7-11(12)18/h3-8H,2H2,1H3,(H2,19,20,21,22). The number of anilines is 2. The molecule has 0 unspecified atom stereocenters. The molecular formula is C16H13Cl2N3O2S. The minimum Gasteiger partial charge on any atom is -0.494 e. The molecule has 0 aliphatic heterocycles. The van der Waals surface area contributed by atoms with Crippen LogP contribution in [0.5, 0.6) is 5.75 Å². The lowest BCUT2D eigenvalue weighted by Gasteiger charge is -2.07. The van der Waals surface area contributed by atoms with E-state index in [0.717, 1.165) is 16.0 Å². The number of rotatable bonds is 4. The molecule has 2 amide bonds. The zero-order valence-electron chi connectivity index (χ0n) is 12.6. The van der Waals surface area contributed by atoms with Gasteiger partial charge in [0.1, 0.15) is 5.75 Å². The highest BCUT2D eigenvalue weighted by atomic mass is 35.5. The Kier molecular flexibility index (Phi) is 5.08. The topological polar surface area (TPSA) is 63.2 Å². The maximum Gasteiger partial charge on any atom is 0.325 e. The Balaban J connectivity index is 1.73. The predicted molar refractivity (Wildman–Crippen MR) is 99.9 cm³/mol. The Morgan fingerprint density at radius 2 is 2.04 bits per heavy atom. The molecule has 0 saturated carbocycles. The van der Waals surface area contributed by atoms with E-state index in [2.05, 4.69) is 15.6 Å². The summed E-state index contributed by atoms with van der Waals surface area (Å²) in [6.45, 7) is 2.52. The normalized spacial score (nSPS) is 10.6. The van der Waals surface area contributed by atoms with Crippen molar-refractivity contribution in [1.82, 2.24) is 4.98 Å². The smallest absolute Gasteiger partial charge is 0.325 e. The van der Waals surface area contributed by atoms with E-state index < -0.39 is 6.03 Å². The van der Waals surface area contributed by atoms with Crippen LogP contribution in [0.4, 0.5) is 15.6 Å². The molecule has 0 aliphatic rings. The number of urea groups is 1. The van der Waals surface area contributed by atoms with Crippen LogP contribution in [0.3, 0.4) is 0 Å². The average molecular weight is 382 g/mol. The number of amides is 2. The lowest BCUT2D eigenvalue weighted by Crippen LogP contribution is -2.19. The predicted octanol–water partition coefficient (Wildman–Crippen LogP) is 5.65. The van der Waals surface area contributed by atoms with Crippen molar-refractivity contribution in [3.8, 4) is 5.75 Å². The first kappa shape index (κ1) is 16.8. The number of ether oxygens (including phenoxy) is 1. The molecule has 0 aliphatic carbocycles. The van der Waals surface area contributed by atoms with Crippen LogP contribution in [-0.4, -0.2) is 17.6 Å². The first-order valence-electron chi connectivity index (χ1n) is 7.11. The molecule has 24 heavy (non-hydrogen) atoms. The summed E-state index contributed by atoms with van der Waals surface area (Å²) in [6, 6.07) is 10.0. The van der Waals surface area contributed by atoms with Crippen LogP contribution in [0.1, 0.15) is 6.92 Å². The van der Waals surface area contributed by atoms with Crippen LogP contribution in [-0.2, 0) is 0 Å². The van der Waals surface area contributed by atoms with Crippen molar-refractivity contribution in [3.63, 3.8) is 0 Å². The van der Waals surface area contributed by atoms with E-state index >= 15 is 0 Å². The van der Waals surface area contributed by atoms with Crippen molar-refractivity contribution in [2.75, 3.05) is 17.2 Å². The van der Waals surface area contributed by atoms with Gasteiger partial charge in [-0.15, -0.1) is 0 Å². The van der Waals surface area contributed by atoms with Gasteiger partial charge in [-0.05, 0) is 43.3 Å². The molecule has 124 valence electrons. The van der Waals surface area contributed by atoms with E-state index in [1.54, 1.807) is 18.2 Å². The van der Waals surface area contributed by atoms with Gasteiger partial charge in [0.2, 0.25) is 0 Å². The van der Waals surface area contributed by atoms with E-state index in [0.29, 0.717) is 27.5 Å². The Morgan fingerprint density at radius 3 is 2.79 bits per heavy atom. The number of halogens is 2. The van der Waals surface area contributed by atoms with Gasteiger partial charge in [-0.2, -0.15) is 0 Å². The highest BCUT2D eigenvalue weighted by Crippen LogP contribution is 2.30. The van der Waals surface area contributed by atoms with Crippen LogP contribution >= 0.6 is 34.5 Å². The third-order valence-electron chi connectivity index (χ3n) is 3.07. The quantitative estimate of drug-likeness (QED) is 0.613. The molecule has 0 saturated heterocycles. The second-order valence-electron chi connectivity index (χ2n) is 4.78. The summed E-state index contributed by atoms with van der Waals surface area (Å²) in [6.07, 6.45) is 0. The number of nitrogens with one attached hydrogen (secondary N) is 2. The number of hydrogen-bond acceptors (Lipinski definition) is 4. The lowest BCUT2D eigenvalue weighted by atomic mass is 10.3. The lowest BCUT2D eigenvalue weighted by molar-refractivity contribution is 0.262. The van der Waals surface area contributed by atoms with E-state index in [9.17, 15) is 4.79 Å². The average Bonchev–Trinajstić information content (AvgIpc) is 2.92. The minimum absolute atomic E-state index is 0.364. The number of nitrogens with zero attached hydrogens (tertiary/aromatic N) is 1. The van der Waals surface area contributed by atoms with Crippen molar-refractivity contribution in [2.24, 2.45) is 0 Å².